The lowest BCUT2D eigenvalue weighted by atomic mass is 10.1. The number of ether oxygens (including phenoxy) is 2. The van der Waals surface area contributed by atoms with Gasteiger partial charge in [0.05, 0.1) is 30.2 Å². The van der Waals surface area contributed by atoms with E-state index in [2.05, 4.69) is 20.1 Å². The molecule has 0 heterocycles. The van der Waals surface area contributed by atoms with E-state index in [0.29, 0.717) is 0 Å². The van der Waals surface area contributed by atoms with Gasteiger partial charge < -0.3 is 25.8 Å². The summed E-state index contributed by atoms with van der Waals surface area (Å²) in [5.74, 6) is -5.56. The van der Waals surface area contributed by atoms with Gasteiger partial charge >= 0.3 is 23.8 Å². The molecule has 0 bridgehead atoms. The zero-order valence-corrected chi connectivity index (χ0v) is 13.6. The van der Waals surface area contributed by atoms with E-state index in [0.717, 1.165) is 0 Å². The highest BCUT2D eigenvalue weighted by Crippen LogP contribution is 2.24. The molecule has 134 valence electrons. The van der Waals surface area contributed by atoms with E-state index in [9.17, 15) is 24.0 Å². The van der Waals surface area contributed by atoms with Crippen molar-refractivity contribution in [3.8, 4) is 0 Å². The van der Waals surface area contributed by atoms with Gasteiger partial charge in [-0.2, -0.15) is 0 Å². The van der Waals surface area contributed by atoms with E-state index in [-0.39, 0.29) is 30.2 Å². The monoisotopic (exact) mass is 351 g/mol. The van der Waals surface area contributed by atoms with Crippen LogP contribution in [-0.4, -0.2) is 42.9 Å². The maximum Gasteiger partial charge on any atom is 0.397 e. The van der Waals surface area contributed by atoms with E-state index < -0.39 is 29.7 Å². The third-order valence-electron chi connectivity index (χ3n) is 2.73. The molecule has 0 aliphatic heterocycles. The summed E-state index contributed by atoms with van der Waals surface area (Å²) in [6, 6.07) is 3.95. The fourth-order valence-electron chi connectivity index (χ4n) is 1.77. The van der Waals surface area contributed by atoms with Gasteiger partial charge in [0.2, 0.25) is 0 Å². The van der Waals surface area contributed by atoms with Gasteiger partial charge in [0.15, 0.2) is 0 Å². The number of amides is 3. The zero-order chi connectivity index (χ0) is 19.0. The van der Waals surface area contributed by atoms with Crippen LogP contribution in [0.25, 0.3) is 0 Å². The highest BCUT2D eigenvalue weighted by atomic mass is 16.5. The smallest absolute Gasteiger partial charge is 0.397 e. The molecule has 0 fully saturated rings. The number of nitrogens with two attached hydrogens (primary N) is 1. The zero-order valence-electron chi connectivity index (χ0n) is 13.6. The molecule has 25 heavy (non-hydrogen) atoms. The van der Waals surface area contributed by atoms with Crippen LogP contribution < -0.4 is 16.4 Å². The average molecular weight is 351 g/mol. The topological polar surface area (TPSA) is 154 Å². The SMILES string of the molecule is CCOC(=O)C(=O)Nc1cccc(NC(=O)C(=O)OCC)c1C(N)=O. The second-order valence-electron chi connectivity index (χ2n) is 4.44. The van der Waals surface area contributed by atoms with Gasteiger partial charge in [-0.3, -0.25) is 14.4 Å². The van der Waals surface area contributed by atoms with Gasteiger partial charge in [0, 0.05) is 0 Å². The summed E-state index contributed by atoms with van der Waals surface area (Å²) < 4.78 is 9.06. The molecule has 0 spiro atoms. The second-order valence-corrected chi connectivity index (χ2v) is 4.44. The van der Waals surface area contributed by atoms with Gasteiger partial charge in [-0.25, -0.2) is 9.59 Å². The number of esters is 2. The van der Waals surface area contributed by atoms with Crippen molar-refractivity contribution in [2.24, 2.45) is 5.73 Å². The Labute approximate surface area is 142 Å². The van der Waals surface area contributed by atoms with Crippen LogP contribution in [0.3, 0.4) is 0 Å². The summed E-state index contributed by atoms with van der Waals surface area (Å²) in [6.07, 6.45) is 0. The Morgan fingerprint density at radius 3 is 1.60 bits per heavy atom. The number of carbonyl (C=O) groups is 5. The third kappa shape index (κ3) is 5.30. The van der Waals surface area contributed by atoms with Crippen molar-refractivity contribution in [3.05, 3.63) is 23.8 Å². The van der Waals surface area contributed by atoms with Crippen LogP contribution >= 0.6 is 0 Å². The maximum absolute atomic E-state index is 11.7. The lowest BCUT2D eigenvalue weighted by Gasteiger charge is -2.13. The van der Waals surface area contributed by atoms with Gasteiger partial charge in [0.1, 0.15) is 0 Å². The molecule has 4 N–H and O–H groups in total. The highest BCUT2D eigenvalue weighted by molar-refractivity contribution is 6.39. The molecule has 0 radical (unpaired) electrons. The number of benzene rings is 1. The lowest BCUT2D eigenvalue weighted by Crippen LogP contribution is -2.29. The molecule has 10 heteroatoms. The van der Waals surface area contributed by atoms with Gasteiger partial charge in [0.25, 0.3) is 5.91 Å². The number of rotatable bonds is 5. The molecule has 0 unspecified atom stereocenters. The van der Waals surface area contributed by atoms with Crippen LogP contribution in [-0.2, 0) is 28.7 Å². The summed E-state index contributed by atoms with van der Waals surface area (Å²) in [5, 5.41) is 4.33. The van der Waals surface area contributed by atoms with Crippen molar-refractivity contribution in [1.82, 2.24) is 0 Å². The standard InChI is InChI=1S/C15H17N3O7/c1-3-24-14(22)12(20)17-8-6-5-7-9(10(8)11(16)19)18-13(21)15(23)25-4-2/h5-7H,3-4H2,1-2H3,(H2,16,19)(H,17,20)(H,18,21). The lowest BCUT2D eigenvalue weighted by molar-refractivity contribution is -0.152. The predicted molar refractivity (Wildman–Crippen MR) is 85.5 cm³/mol. The normalized spacial score (nSPS) is 9.68. The number of primary amides is 1. The number of carbonyl (C=O) groups excluding carboxylic acids is 5. The Morgan fingerprint density at radius 1 is 0.880 bits per heavy atom. The molecular weight excluding hydrogens is 334 g/mol. The van der Waals surface area contributed by atoms with Crippen molar-refractivity contribution in [3.63, 3.8) is 0 Å². The minimum Gasteiger partial charge on any atom is -0.459 e. The number of hydrogen-bond donors (Lipinski definition) is 3. The first-order valence-corrected chi connectivity index (χ1v) is 7.20. The van der Waals surface area contributed by atoms with E-state index in [1.54, 1.807) is 0 Å². The minimum atomic E-state index is -1.15. The van der Waals surface area contributed by atoms with Crippen LogP contribution in [0.2, 0.25) is 0 Å². The quantitative estimate of drug-likeness (QED) is 0.490. The maximum atomic E-state index is 11.7. The van der Waals surface area contributed by atoms with Crippen LogP contribution in [0.1, 0.15) is 24.2 Å². The van der Waals surface area contributed by atoms with Crippen LogP contribution in [0.15, 0.2) is 18.2 Å². The van der Waals surface area contributed by atoms with E-state index >= 15 is 0 Å². The Hall–Kier alpha value is -3.43. The molecule has 0 saturated heterocycles. The largest absolute Gasteiger partial charge is 0.459 e. The molecule has 1 aromatic rings. The molecular formula is C15H17N3O7. The van der Waals surface area contributed by atoms with Crippen LogP contribution in [0, 0.1) is 0 Å². The van der Waals surface area contributed by atoms with Gasteiger partial charge in [-0.15, -0.1) is 0 Å². The second kappa shape index (κ2) is 9.01. The van der Waals surface area contributed by atoms with Crippen molar-refractivity contribution in [2.45, 2.75) is 13.8 Å². The number of hydrogen-bond acceptors (Lipinski definition) is 7. The Morgan fingerprint density at radius 2 is 1.28 bits per heavy atom. The van der Waals surface area contributed by atoms with E-state index in [1.807, 2.05) is 0 Å². The first kappa shape index (κ1) is 19.6. The summed E-state index contributed by atoms with van der Waals surface area (Å²) in [5.41, 5.74) is 4.70. The predicted octanol–water partition coefficient (Wildman–Crippen LogP) is -0.211. The number of nitrogens with one attached hydrogen (secondary N) is 2. The Bertz CT molecular complexity index is 665. The van der Waals surface area contributed by atoms with Gasteiger partial charge in [-0.1, -0.05) is 6.07 Å². The highest BCUT2D eigenvalue weighted by Gasteiger charge is 2.23. The van der Waals surface area contributed by atoms with E-state index in [4.69, 9.17) is 5.73 Å². The van der Waals surface area contributed by atoms with Crippen molar-refractivity contribution in [2.75, 3.05) is 23.8 Å². The number of anilines is 2. The molecule has 1 rings (SSSR count). The Kier molecular flexibility index (Phi) is 7.07. The van der Waals surface area contributed by atoms with Crippen molar-refractivity contribution < 1.29 is 33.4 Å². The first-order chi connectivity index (χ1) is 11.8. The average Bonchev–Trinajstić information content (AvgIpc) is 2.55. The molecule has 0 atom stereocenters. The summed E-state index contributed by atoms with van der Waals surface area (Å²) >= 11 is 0. The van der Waals surface area contributed by atoms with E-state index in [1.165, 1.54) is 32.0 Å². The van der Waals surface area contributed by atoms with Crippen molar-refractivity contribution in [1.29, 1.82) is 0 Å². The summed E-state index contributed by atoms with van der Waals surface area (Å²) in [4.78, 5) is 57.8. The third-order valence-corrected chi connectivity index (χ3v) is 2.73. The molecule has 0 aromatic heterocycles. The van der Waals surface area contributed by atoms with Gasteiger partial charge in [-0.05, 0) is 26.0 Å². The van der Waals surface area contributed by atoms with Crippen molar-refractivity contribution >= 4 is 41.0 Å². The molecule has 0 aliphatic carbocycles. The molecule has 10 nitrogen and oxygen atoms in total. The first-order valence-electron chi connectivity index (χ1n) is 7.20. The molecule has 0 aliphatic rings. The molecule has 0 saturated carbocycles. The Balaban J connectivity index is 3.11. The summed E-state index contributed by atoms with van der Waals surface area (Å²) in [6.45, 7) is 3.02. The molecule has 3 amide bonds. The summed E-state index contributed by atoms with van der Waals surface area (Å²) in [7, 11) is 0. The fraction of sp³-hybridized carbons (Fsp3) is 0.267. The minimum absolute atomic E-state index is 0.00936. The fourth-order valence-corrected chi connectivity index (χ4v) is 1.77. The molecule has 1 aromatic carbocycles. The van der Waals surface area contributed by atoms with Crippen LogP contribution in [0.4, 0.5) is 11.4 Å². The van der Waals surface area contributed by atoms with Crippen LogP contribution in [0.5, 0.6) is 0 Å².